The molecule has 0 aromatic rings. The molecule has 1 saturated heterocycles. The third kappa shape index (κ3) is 3.23. The third-order valence-electron chi connectivity index (χ3n) is 3.34. The summed E-state index contributed by atoms with van der Waals surface area (Å²) in [4.78, 5) is 5.00. The molecule has 1 heterocycles. The Morgan fingerprint density at radius 2 is 1.79 bits per heavy atom. The molecule has 1 rings (SSSR count). The van der Waals surface area contributed by atoms with Crippen LogP contribution in [0.5, 0.6) is 0 Å². The maximum Gasteiger partial charge on any atom is 0.0195 e. The summed E-state index contributed by atoms with van der Waals surface area (Å²) in [6.07, 6.45) is 1.11. The lowest BCUT2D eigenvalue weighted by Gasteiger charge is -2.42. The van der Waals surface area contributed by atoms with Gasteiger partial charge in [0.1, 0.15) is 0 Å². The number of rotatable bonds is 3. The summed E-state index contributed by atoms with van der Waals surface area (Å²) in [5, 5.41) is 0. The Bertz CT molecular complexity index is 158. The van der Waals surface area contributed by atoms with Crippen LogP contribution < -0.4 is 5.73 Å². The van der Waals surface area contributed by atoms with Crippen molar-refractivity contribution >= 4 is 0 Å². The minimum atomic E-state index is 0.334. The van der Waals surface area contributed by atoms with Crippen molar-refractivity contribution < 1.29 is 0 Å². The van der Waals surface area contributed by atoms with Crippen LogP contribution in [-0.4, -0.2) is 54.6 Å². The number of nitrogens with two attached hydrogens (primary N) is 1. The van der Waals surface area contributed by atoms with Crippen molar-refractivity contribution in [3.8, 4) is 0 Å². The smallest absolute Gasteiger partial charge is 0.0195 e. The van der Waals surface area contributed by atoms with Crippen molar-refractivity contribution in [3.05, 3.63) is 0 Å². The molecular formula is C11H25N3. The van der Waals surface area contributed by atoms with E-state index in [2.05, 4.69) is 37.6 Å². The minimum absolute atomic E-state index is 0.334. The van der Waals surface area contributed by atoms with Gasteiger partial charge in [-0.15, -0.1) is 0 Å². The number of hydrogen-bond donors (Lipinski definition) is 1. The van der Waals surface area contributed by atoms with Gasteiger partial charge in [0.25, 0.3) is 0 Å². The maximum atomic E-state index is 5.77. The fourth-order valence-electron chi connectivity index (χ4n) is 2.08. The first-order valence-corrected chi connectivity index (χ1v) is 5.70. The highest BCUT2D eigenvalue weighted by Gasteiger charge is 2.25. The van der Waals surface area contributed by atoms with Gasteiger partial charge < -0.3 is 10.6 Å². The molecule has 0 aromatic carbocycles. The Hall–Kier alpha value is -0.120. The van der Waals surface area contributed by atoms with Gasteiger partial charge in [0.2, 0.25) is 0 Å². The SMILES string of the molecule is CC(N)CCN1C[C@@H](C)N(C)[C@@H](C)C1. The van der Waals surface area contributed by atoms with E-state index < -0.39 is 0 Å². The van der Waals surface area contributed by atoms with Gasteiger partial charge in [-0.25, -0.2) is 0 Å². The lowest BCUT2D eigenvalue weighted by molar-refractivity contribution is 0.0587. The van der Waals surface area contributed by atoms with Crippen molar-refractivity contribution in [2.24, 2.45) is 5.73 Å². The van der Waals surface area contributed by atoms with Gasteiger partial charge in [0, 0.05) is 31.2 Å². The first kappa shape index (κ1) is 12.0. The number of nitrogens with zero attached hydrogens (tertiary/aromatic N) is 2. The molecule has 84 valence electrons. The van der Waals surface area contributed by atoms with Gasteiger partial charge in [0.15, 0.2) is 0 Å². The van der Waals surface area contributed by atoms with E-state index in [1.165, 1.54) is 13.1 Å². The molecule has 0 amide bonds. The van der Waals surface area contributed by atoms with E-state index >= 15 is 0 Å². The van der Waals surface area contributed by atoms with Crippen LogP contribution in [-0.2, 0) is 0 Å². The molecule has 0 aromatic heterocycles. The maximum absolute atomic E-state index is 5.77. The molecule has 0 bridgehead atoms. The minimum Gasteiger partial charge on any atom is -0.328 e. The quantitative estimate of drug-likeness (QED) is 0.728. The van der Waals surface area contributed by atoms with Crippen LogP contribution in [0.3, 0.4) is 0 Å². The zero-order chi connectivity index (χ0) is 10.7. The Kier molecular flexibility index (Phi) is 4.35. The highest BCUT2D eigenvalue weighted by molar-refractivity contribution is 4.82. The van der Waals surface area contributed by atoms with E-state index in [9.17, 15) is 0 Å². The molecule has 1 unspecified atom stereocenters. The second kappa shape index (κ2) is 5.10. The molecule has 0 radical (unpaired) electrons. The van der Waals surface area contributed by atoms with Crippen LogP contribution in [0.15, 0.2) is 0 Å². The van der Waals surface area contributed by atoms with Crippen LogP contribution in [0.4, 0.5) is 0 Å². The first-order valence-electron chi connectivity index (χ1n) is 5.70. The van der Waals surface area contributed by atoms with Crippen LogP contribution >= 0.6 is 0 Å². The van der Waals surface area contributed by atoms with Gasteiger partial charge in [-0.2, -0.15) is 0 Å². The summed E-state index contributed by atoms with van der Waals surface area (Å²) < 4.78 is 0. The molecule has 1 fully saturated rings. The molecule has 0 saturated carbocycles. The molecular weight excluding hydrogens is 174 g/mol. The van der Waals surface area contributed by atoms with Gasteiger partial charge in [-0.1, -0.05) is 0 Å². The second-order valence-electron chi connectivity index (χ2n) is 4.89. The van der Waals surface area contributed by atoms with Crippen LogP contribution in [0.1, 0.15) is 27.2 Å². The molecule has 1 aliphatic heterocycles. The third-order valence-corrected chi connectivity index (χ3v) is 3.34. The summed E-state index contributed by atoms with van der Waals surface area (Å²) in [5.74, 6) is 0. The second-order valence-corrected chi connectivity index (χ2v) is 4.89. The average molecular weight is 199 g/mol. The molecule has 0 aliphatic carbocycles. The Morgan fingerprint density at radius 1 is 1.29 bits per heavy atom. The Labute approximate surface area is 88.2 Å². The van der Waals surface area contributed by atoms with E-state index in [0.717, 1.165) is 13.0 Å². The Morgan fingerprint density at radius 3 is 2.21 bits per heavy atom. The van der Waals surface area contributed by atoms with E-state index in [4.69, 9.17) is 5.73 Å². The zero-order valence-corrected chi connectivity index (χ0v) is 10.0. The predicted molar refractivity (Wildman–Crippen MR) is 61.4 cm³/mol. The van der Waals surface area contributed by atoms with Crippen LogP contribution in [0.2, 0.25) is 0 Å². The normalized spacial score (nSPS) is 33.2. The molecule has 14 heavy (non-hydrogen) atoms. The van der Waals surface area contributed by atoms with Gasteiger partial charge in [-0.05, 0) is 40.8 Å². The zero-order valence-electron chi connectivity index (χ0n) is 10.0. The first-order chi connectivity index (χ1) is 6.50. The van der Waals surface area contributed by atoms with Crippen molar-refractivity contribution in [1.82, 2.24) is 9.80 Å². The summed E-state index contributed by atoms with van der Waals surface area (Å²) in [7, 11) is 2.22. The van der Waals surface area contributed by atoms with Gasteiger partial charge in [-0.3, -0.25) is 4.90 Å². The Balaban J connectivity index is 2.34. The molecule has 3 heteroatoms. The molecule has 0 spiro atoms. The molecule has 3 atom stereocenters. The van der Waals surface area contributed by atoms with Crippen LogP contribution in [0, 0.1) is 0 Å². The summed E-state index contributed by atoms with van der Waals surface area (Å²) in [6, 6.07) is 1.68. The lowest BCUT2D eigenvalue weighted by atomic mass is 10.1. The standard InChI is InChI=1S/C11H25N3/c1-9(12)5-6-14-7-10(2)13(4)11(3)8-14/h9-11H,5-8,12H2,1-4H3/t9?,10-,11+. The van der Waals surface area contributed by atoms with Crippen molar-refractivity contribution in [2.45, 2.75) is 45.3 Å². The van der Waals surface area contributed by atoms with Crippen molar-refractivity contribution in [1.29, 1.82) is 0 Å². The molecule has 1 aliphatic rings. The van der Waals surface area contributed by atoms with Gasteiger partial charge in [0.05, 0.1) is 0 Å². The van der Waals surface area contributed by atoms with E-state index in [0.29, 0.717) is 18.1 Å². The van der Waals surface area contributed by atoms with E-state index in [1.807, 2.05) is 0 Å². The number of hydrogen-bond acceptors (Lipinski definition) is 3. The highest BCUT2D eigenvalue weighted by Crippen LogP contribution is 2.13. The van der Waals surface area contributed by atoms with E-state index in [-0.39, 0.29) is 0 Å². The van der Waals surface area contributed by atoms with Crippen LogP contribution in [0.25, 0.3) is 0 Å². The number of likely N-dealkylation sites (N-methyl/N-ethyl adjacent to an activating group) is 1. The summed E-state index contributed by atoms with van der Waals surface area (Å²) in [6.45, 7) is 10.2. The average Bonchev–Trinajstić information content (AvgIpc) is 2.10. The molecule has 2 N–H and O–H groups in total. The largest absolute Gasteiger partial charge is 0.328 e. The van der Waals surface area contributed by atoms with Crippen molar-refractivity contribution in [3.63, 3.8) is 0 Å². The van der Waals surface area contributed by atoms with Gasteiger partial charge >= 0.3 is 0 Å². The highest BCUT2D eigenvalue weighted by atomic mass is 15.3. The monoisotopic (exact) mass is 199 g/mol. The summed E-state index contributed by atoms with van der Waals surface area (Å²) >= 11 is 0. The topological polar surface area (TPSA) is 32.5 Å². The number of piperazine rings is 1. The lowest BCUT2D eigenvalue weighted by Crippen LogP contribution is -2.55. The fourth-order valence-corrected chi connectivity index (χ4v) is 2.08. The molecule has 3 nitrogen and oxygen atoms in total. The fraction of sp³-hybridized carbons (Fsp3) is 1.00. The van der Waals surface area contributed by atoms with E-state index in [1.54, 1.807) is 0 Å². The predicted octanol–water partition coefficient (Wildman–Crippen LogP) is 0.748. The summed E-state index contributed by atoms with van der Waals surface area (Å²) in [5.41, 5.74) is 5.77. The van der Waals surface area contributed by atoms with Crippen molar-refractivity contribution in [2.75, 3.05) is 26.7 Å².